The molecular formula is C10H21N3O2S. The summed E-state index contributed by atoms with van der Waals surface area (Å²) in [6.45, 7) is 6.87. The number of nitrogens with one attached hydrogen (secondary N) is 2. The van der Waals surface area contributed by atoms with E-state index < -0.39 is 11.7 Å². The van der Waals surface area contributed by atoms with E-state index in [0.29, 0.717) is 11.7 Å². The monoisotopic (exact) mass is 247 g/mol. The third-order valence-electron chi connectivity index (χ3n) is 1.42. The summed E-state index contributed by atoms with van der Waals surface area (Å²) in [6, 6.07) is 0. The van der Waals surface area contributed by atoms with Gasteiger partial charge in [0.05, 0.1) is 6.54 Å². The van der Waals surface area contributed by atoms with E-state index in [0.717, 1.165) is 6.54 Å². The molecule has 1 amide bonds. The number of carbonyl (C=O) groups is 1. The lowest BCUT2D eigenvalue weighted by Crippen LogP contribution is -2.35. The topological polar surface area (TPSA) is 62.7 Å². The van der Waals surface area contributed by atoms with Crippen LogP contribution in [-0.4, -0.2) is 43.3 Å². The minimum atomic E-state index is -0.488. The summed E-state index contributed by atoms with van der Waals surface area (Å²) in [5.41, 5.74) is -0.488. The molecule has 0 aromatic rings. The molecule has 0 aromatic heterocycles. The van der Waals surface area contributed by atoms with Crippen molar-refractivity contribution in [3.8, 4) is 0 Å². The predicted octanol–water partition coefficient (Wildman–Crippen LogP) is 1.45. The highest BCUT2D eigenvalue weighted by Gasteiger charge is 2.16. The quantitative estimate of drug-likeness (QED) is 0.450. The van der Waals surface area contributed by atoms with Crippen molar-refractivity contribution < 1.29 is 9.53 Å². The van der Waals surface area contributed by atoms with Gasteiger partial charge >= 0.3 is 6.09 Å². The number of likely N-dealkylation sites (N-methyl/N-ethyl adjacent to an activating group) is 1. The lowest BCUT2D eigenvalue weighted by atomic mass is 10.2. The van der Waals surface area contributed by atoms with Crippen LogP contribution in [0.25, 0.3) is 0 Å². The Morgan fingerprint density at radius 2 is 2.06 bits per heavy atom. The Labute approximate surface area is 101 Å². The van der Waals surface area contributed by atoms with Crippen LogP contribution in [0.5, 0.6) is 0 Å². The van der Waals surface area contributed by atoms with Crippen LogP contribution in [0.2, 0.25) is 0 Å². The Bertz CT molecular complexity index is 249. The van der Waals surface area contributed by atoms with Crippen LogP contribution >= 0.6 is 11.8 Å². The molecule has 0 aliphatic heterocycles. The van der Waals surface area contributed by atoms with Gasteiger partial charge in [-0.1, -0.05) is 11.8 Å². The van der Waals surface area contributed by atoms with Crippen molar-refractivity contribution >= 4 is 23.0 Å². The third-order valence-corrected chi connectivity index (χ3v) is 2.04. The second-order valence-corrected chi connectivity index (χ2v) is 4.92. The van der Waals surface area contributed by atoms with E-state index in [1.165, 1.54) is 11.8 Å². The van der Waals surface area contributed by atoms with E-state index in [1.807, 2.05) is 34.1 Å². The Morgan fingerprint density at radius 1 is 1.44 bits per heavy atom. The minimum absolute atomic E-state index is 0.468. The normalized spacial score (nSPS) is 12.4. The number of carbonyl (C=O) groups excluding carboxylic acids is 1. The molecule has 0 spiro atoms. The molecule has 94 valence electrons. The van der Waals surface area contributed by atoms with Crippen LogP contribution in [0.3, 0.4) is 0 Å². The Morgan fingerprint density at radius 3 is 2.50 bits per heavy atom. The number of amides is 1. The van der Waals surface area contributed by atoms with Gasteiger partial charge in [-0.05, 0) is 34.1 Å². The van der Waals surface area contributed by atoms with Gasteiger partial charge in [-0.15, -0.1) is 0 Å². The number of aliphatic imine (C=N–C) groups is 1. The molecule has 0 saturated heterocycles. The van der Waals surface area contributed by atoms with E-state index >= 15 is 0 Å². The zero-order chi connectivity index (χ0) is 12.6. The average Bonchev–Trinajstić information content (AvgIpc) is 2.13. The van der Waals surface area contributed by atoms with Gasteiger partial charge in [0.25, 0.3) is 0 Å². The third kappa shape index (κ3) is 8.55. The first-order valence-electron chi connectivity index (χ1n) is 5.12. The van der Waals surface area contributed by atoms with Crippen molar-refractivity contribution in [1.82, 2.24) is 10.6 Å². The maximum absolute atomic E-state index is 11.4. The van der Waals surface area contributed by atoms with E-state index in [2.05, 4.69) is 15.6 Å². The first kappa shape index (κ1) is 15.2. The zero-order valence-electron chi connectivity index (χ0n) is 10.6. The van der Waals surface area contributed by atoms with Crippen LogP contribution in [0.15, 0.2) is 4.99 Å². The average molecular weight is 247 g/mol. The molecule has 0 radical (unpaired) electrons. The fraction of sp³-hybridized carbons (Fsp3) is 0.800. The maximum atomic E-state index is 11.4. The molecule has 0 fully saturated rings. The molecule has 0 aliphatic carbocycles. The molecule has 0 saturated carbocycles. The zero-order valence-corrected chi connectivity index (χ0v) is 11.4. The number of ether oxygens (including phenoxy) is 1. The number of nitrogens with zero attached hydrogens (tertiary/aromatic N) is 1. The smallest absolute Gasteiger partial charge is 0.413 e. The number of hydrogen-bond donors (Lipinski definition) is 2. The molecular weight excluding hydrogens is 226 g/mol. The molecule has 0 aromatic carbocycles. The Hall–Kier alpha value is -0.750. The largest absolute Gasteiger partial charge is 0.444 e. The molecule has 0 bridgehead atoms. The SMILES string of the molecule is CNCCN=C(NC(=O)OC(C)(C)C)SC. The highest BCUT2D eigenvalue weighted by atomic mass is 32.2. The van der Waals surface area contributed by atoms with Crippen molar-refractivity contribution in [2.45, 2.75) is 26.4 Å². The Kier molecular flexibility index (Phi) is 7.16. The first-order chi connectivity index (χ1) is 7.39. The number of thioether (sulfide) groups is 1. The molecule has 5 nitrogen and oxygen atoms in total. The van der Waals surface area contributed by atoms with Gasteiger partial charge in [-0.25, -0.2) is 4.79 Å². The molecule has 0 heterocycles. The number of alkyl carbamates (subject to hydrolysis) is 1. The number of amidine groups is 1. The molecule has 0 atom stereocenters. The van der Waals surface area contributed by atoms with Gasteiger partial charge in [0, 0.05) is 6.54 Å². The van der Waals surface area contributed by atoms with Crippen molar-refractivity contribution in [3.63, 3.8) is 0 Å². The van der Waals surface area contributed by atoms with Crippen molar-refractivity contribution in [1.29, 1.82) is 0 Å². The second kappa shape index (κ2) is 7.51. The van der Waals surface area contributed by atoms with E-state index in [-0.39, 0.29) is 0 Å². The van der Waals surface area contributed by atoms with Crippen LogP contribution < -0.4 is 10.6 Å². The van der Waals surface area contributed by atoms with E-state index in [4.69, 9.17) is 4.74 Å². The predicted molar refractivity (Wildman–Crippen MR) is 69.1 cm³/mol. The fourth-order valence-electron chi connectivity index (χ4n) is 0.815. The minimum Gasteiger partial charge on any atom is -0.444 e. The van der Waals surface area contributed by atoms with Crippen LogP contribution in [-0.2, 0) is 4.74 Å². The lowest BCUT2D eigenvalue weighted by Gasteiger charge is -2.19. The number of rotatable bonds is 3. The summed E-state index contributed by atoms with van der Waals surface area (Å²) in [4.78, 5) is 15.6. The van der Waals surface area contributed by atoms with Gasteiger partial charge in [0.1, 0.15) is 5.60 Å². The van der Waals surface area contributed by atoms with E-state index in [1.54, 1.807) is 0 Å². The highest BCUT2D eigenvalue weighted by Crippen LogP contribution is 2.07. The molecule has 0 unspecified atom stereocenters. The summed E-state index contributed by atoms with van der Waals surface area (Å²) < 4.78 is 5.12. The molecule has 0 aliphatic rings. The summed E-state index contributed by atoms with van der Waals surface area (Å²) >= 11 is 1.38. The molecule has 6 heteroatoms. The van der Waals surface area contributed by atoms with Crippen LogP contribution in [0.4, 0.5) is 4.79 Å². The summed E-state index contributed by atoms with van der Waals surface area (Å²) in [6.07, 6.45) is 1.39. The van der Waals surface area contributed by atoms with Crippen LogP contribution in [0, 0.1) is 0 Å². The Balaban J connectivity index is 4.11. The lowest BCUT2D eigenvalue weighted by molar-refractivity contribution is 0.0564. The second-order valence-electron chi connectivity index (χ2n) is 4.12. The standard InChI is InChI=1S/C10H21N3O2S/c1-10(2,3)15-9(14)13-8(16-5)12-7-6-11-4/h11H,6-7H2,1-5H3,(H,12,13,14). The van der Waals surface area contributed by atoms with Crippen LogP contribution in [0.1, 0.15) is 20.8 Å². The summed E-state index contributed by atoms with van der Waals surface area (Å²) in [5.74, 6) is 0. The summed E-state index contributed by atoms with van der Waals surface area (Å²) in [7, 11) is 1.86. The van der Waals surface area contributed by atoms with Gasteiger partial charge in [0.15, 0.2) is 5.17 Å². The van der Waals surface area contributed by atoms with Crippen molar-refractivity contribution in [3.05, 3.63) is 0 Å². The van der Waals surface area contributed by atoms with Gasteiger partial charge < -0.3 is 10.1 Å². The molecule has 0 rings (SSSR count). The maximum Gasteiger partial charge on any atom is 0.413 e. The van der Waals surface area contributed by atoms with Gasteiger partial charge in [-0.3, -0.25) is 10.3 Å². The first-order valence-corrected chi connectivity index (χ1v) is 6.34. The van der Waals surface area contributed by atoms with Crippen molar-refractivity contribution in [2.24, 2.45) is 4.99 Å². The number of hydrogen-bond acceptors (Lipinski definition) is 5. The van der Waals surface area contributed by atoms with Gasteiger partial charge in [0.2, 0.25) is 0 Å². The molecule has 2 N–H and O–H groups in total. The molecule has 16 heavy (non-hydrogen) atoms. The fourth-order valence-corrected chi connectivity index (χ4v) is 1.22. The summed E-state index contributed by atoms with van der Waals surface area (Å²) in [5, 5.41) is 6.16. The highest BCUT2D eigenvalue weighted by molar-refractivity contribution is 8.13. The van der Waals surface area contributed by atoms with Gasteiger partial charge in [-0.2, -0.15) is 0 Å². The van der Waals surface area contributed by atoms with E-state index in [9.17, 15) is 4.79 Å². The van der Waals surface area contributed by atoms with Crippen molar-refractivity contribution in [2.75, 3.05) is 26.4 Å².